The van der Waals surface area contributed by atoms with Crippen LogP contribution in [0.4, 0.5) is 0 Å². The van der Waals surface area contributed by atoms with E-state index in [0.717, 1.165) is 12.1 Å². The zero-order valence-corrected chi connectivity index (χ0v) is 12.7. The highest BCUT2D eigenvalue weighted by molar-refractivity contribution is 5.23. The van der Waals surface area contributed by atoms with Gasteiger partial charge in [-0.25, -0.2) is 0 Å². The Morgan fingerprint density at radius 2 is 2.00 bits per heavy atom. The zero-order valence-electron chi connectivity index (χ0n) is 12.7. The predicted molar refractivity (Wildman–Crippen MR) is 78.5 cm³/mol. The molecule has 0 aliphatic carbocycles. The van der Waals surface area contributed by atoms with Gasteiger partial charge in [0, 0.05) is 43.0 Å². The third-order valence-corrected chi connectivity index (χ3v) is 3.19. The second kappa shape index (κ2) is 6.35. The molecule has 0 radical (unpaired) electrons. The lowest BCUT2D eigenvalue weighted by molar-refractivity contribution is 0.189. The Labute approximate surface area is 115 Å². The van der Waals surface area contributed by atoms with E-state index in [9.17, 15) is 4.79 Å². The molecule has 1 aromatic rings. The monoisotopic (exact) mass is 266 g/mol. The molecule has 0 aromatic carbocycles. The van der Waals surface area contributed by atoms with Gasteiger partial charge in [0.15, 0.2) is 0 Å². The Morgan fingerprint density at radius 3 is 2.47 bits per heavy atom. The molecule has 0 aliphatic heterocycles. The highest BCUT2D eigenvalue weighted by atomic mass is 16.5. The molecule has 0 bridgehead atoms. The van der Waals surface area contributed by atoms with Crippen LogP contribution in [0.2, 0.25) is 0 Å². The summed E-state index contributed by atoms with van der Waals surface area (Å²) in [6.45, 7) is 9.49. The first-order valence-corrected chi connectivity index (χ1v) is 6.77. The van der Waals surface area contributed by atoms with Crippen molar-refractivity contribution < 1.29 is 4.74 Å². The van der Waals surface area contributed by atoms with Gasteiger partial charge in [0.05, 0.1) is 0 Å². The quantitative estimate of drug-likeness (QED) is 0.831. The normalized spacial score (nSPS) is 13.6. The predicted octanol–water partition coefficient (Wildman–Crippen LogP) is 2.20. The minimum absolute atomic E-state index is 0.0264. The lowest BCUT2D eigenvalue weighted by Crippen LogP contribution is -2.33. The Bertz CT molecular complexity index is 470. The number of methoxy groups -OCH3 is 1. The Kier molecular flexibility index (Phi) is 5.32. The minimum Gasteiger partial charge on any atom is -0.385 e. The van der Waals surface area contributed by atoms with Crippen molar-refractivity contribution in [2.24, 2.45) is 5.73 Å². The first-order chi connectivity index (χ1) is 8.79. The molecule has 0 amide bonds. The Morgan fingerprint density at radius 1 is 1.37 bits per heavy atom. The van der Waals surface area contributed by atoms with Gasteiger partial charge in [-0.1, -0.05) is 26.8 Å². The Balaban J connectivity index is 3.26. The fourth-order valence-electron chi connectivity index (χ4n) is 2.19. The molecule has 1 atom stereocenters. The van der Waals surface area contributed by atoms with Crippen molar-refractivity contribution in [1.82, 2.24) is 4.57 Å². The molecule has 0 fully saturated rings. The summed E-state index contributed by atoms with van der Waals surface area (Å²) >= 11 is 0. The highest BCUT2D eigenvalue weighted by Gasteiger charge is 2.20. The van der Waals surface area contributed by atoms with Gasteiger partial charge >= 0.3 is 0 Å². The molecule has 0 saturated heterocycles. The highest BCUT2D eigenvalue weighted by Crippen LogP contribution is 2.22. The van der Waals surface area contributed by atoms with E-state index in [1.165, 1.54) is 0 Å². The molecule has 1 rings (SSSR count). The molecule has 4 heteroatoms. The van der Waals surface area contributed by atoms with Crippen molar-refractivity contribution in [3.63, 3.8) is 0 Å². The standard InChI is InChI=1S/C15H26N2O2/c1-11(16)12-7-8-13(15(2,3)4)17(14(12)18)9-6-10-19-5/h7-8,11H,6,9-10,16H2,1-5H3. The van der Waals surface area contributed by atoms with Crippen molar-refractivity contribution in [1.29, 1.82) is 0 Å². The van der Waals surface area contributed by atoms with Gasteiger partial charge < -0.3 is 15.0 Å². The Hall–Kier alpha value is -1.13. The topological polar surface area (TPSA) is 57.2 Å². The number of hydrogen-bond donors (Lipinski definition) is 1. The van der Waals surface area contributed by atoms with Crippen LogP contribution in [0.3, 0.4) is 0 Å². The van der Waals surface area contributed by atoms with E-state index >= 15 is 0 Å². The summed E-state index contributed by atoms with van der Waals surface area (Å²) in [7, 11) is 1.67. The summed E-state index contributed by atoms with van der Waals surface area (Å²) in [5.41, 5.74) is 7.53. The van der Waals surface area contributed by atoms with Crippen LogP contribution in [-0.2, 0) is 16.7 Å². The van der Waals surface area contributed by atoms with E-state index in [2.05, 4.69) is 20.8 Å². The average molecular weight is 266 g/mol. The molecule has 0 saturated carbocycles. The maximum absolute atomic E-state index is 12.5. The van der Waals surface area contributed by atoms with Crippen molar-refractivity contribution >= 4 is 0 Å². The SMILES string of the molecule is COCCCn1c(C(C)(C)C)ccc(C(C)N)c1=O. The summed E-state index contributed by atoms with van der Waals surface area (Å²) in [4.78, 5) is 12.5. The second-order valence-corrected chi connectivity index (χ2v) is 6.02. The number of rotatable bonds is 5. The second-order valence-electron chi connectivity index (χ2n) is 6.02. The van der Waals surface area contributed by atoms with Crippen LogP contribution >= 0.6 is 0 Å². The van der Waals surface area contributed by atoms with E-state index in [0.29, 0.717) is 18.7 Å². The van der Waals surface area contributed by atoms with Gasteiger partial charge in [0.1, 0.15) is 0 Å². The fourth-order valence-corrected chi connectivity index (χ4v) is 2.19. The fraction of sp³-hybridized carbons (Fsp3) is 0.667. The maximum atomic E-state index is 12.5. The molecule has 2 N–H and O–H groups in total. The van der Waals surface area contributed by atoms with E-state index in [1.807, 2.05) is 23.6 Å². The van der Waals surface area contributed by atoms with Crippen molar-refractivity contribution in [2.75, 3.05) is 13.7 Å². The van der Waals surface area contributed by atoms with Crippen LogP contribution in [-0.4, -0.2) is 18.3 Å². The maximum Gasteiger partial charge on any atom is 0.255 e. The third-order valence-electron chi connectivity index (χ3n) is 3.19. The lowest BCUT2D eigenvalue weighted by atomic mass is 9.90. The van der Waals surface area contributed by atoms with Gasteiger partial charge in [0.2, 0.25) is 0 Å². The van der Waals surface area contributed by atoms with Gasteiger partial charge in [-0.3, -0.25) is 4.79 Å². The molecule has 0 spiro atoms. The number of nitrogens with two attached hydrogens (primary N) is 1. The molecular formula is C15H26N2O2. The van der Waals surface area contributed by atoms with Crippen molar-refractivity contribution in [3.05, 3.63) is 33.7 Å². The van der Waals surface area contributed by atoms with Crippen LogP contribution < -0.4 is 11.3 Å². The third kappa shape index (κ3) is 3.91. The molecule has 1 unspecified atom stereocenters. The van der Waals surface area contributed by atoms with E-state index in [-0.39, 0.29) is 17.0 Å². The number of ether oxygens (including phenoxy) is 1. The van der Waals surface area contributed by atoms with Gasteiger partial charge in [-0.05, 0) is 19.4 Å². The molecule has 0 aliphatic rings. The first kappa shape index (κ1) is 15.9. The summed E-state index contributed by atoms with van der Waals surface area (Å²) in [6.07, 6.45) is 0.821. The van der Waals surface area contributed by atoms with Crippen LogP contribution in [0.1, 0.15) is 51.4 Å². The minimum atomic E-state index is -0.241. The van der Waals surface area contributed by atoms with Crippen molar-refractivity contribution in [3.8, 4) is 0 Å². The molecule has 1 heterocycles. The summed E-state index contributed by atoms with van der Waals surface area (Å²) < 4.78 is 6.91. The summed E-state index contributed by atoms with van der Waals surface area (Å²) in [6, 6.07) is 3.64. The van der Waals surface area contributed by atoms with Gasteiger partial charge in [0.25, 0.3) is 5.56 Å². The van der Waals surface area contributed by atoms with Gasteiger partial charge in [-0.2, -0.15) is 0 Å². The molecule has 19 heavy (non-hydrogen) atoms. The average Bonchev–Trinajstić information content (AvgIpc) is 2.29. The molecule has 108 valence electrons. The van der Waals surface area contributed by atoms with Crippen LogP contribution in [0, 0.1) is 0 Å². The molecular weight excluding hydrogens is 240 g/mol. The number of hydrogen-bond acceptors (Lipinski definition) is 3. The number of nitrogens with zero attached hydrogens (tertiary/aromatic N) is 1. The summed E-state index contributed by atoms with van der Waals surface area (Å²) in [5, 5.41) is 0. The number of pyridine rings is 1. The largest absolute Gasteiger partial charge is 0.385 e. The molecule has 4 nitrogen and oxygen atoms in total. The lowest BCUT2D eigenvalue weighted by Gasteiger charge is -2.25. The first-order valence-electron chi connectivity index (χ1n) is 6.77. The smallest absolute Gasteiger partial charge is 0.255 e. The van der Waals surface area contributed by atoms with Crippen LogP contribution in [0.5, 0.6) is 0 Å². The van der Waals surface area contributed by atoms with Gasteiger partial charge in [-0.15, -0.1) is 0 Å². The summed E-state index contributed by atoms with van der Waals surface area (Å²) in [5.74, 6) is 0. The molecule has 1 aromatic heterocycles. The van der Waals surface area contributed by atoms with Crippen LogP contribution in [0.15, 0.2) is 16.9 Å². The van der Waals surface area contributed by atoms with E-state index in [4.69, 9.17) is 10.5 Å². The van der Waals surface area contributed by atoms with Crippen molar-refractivity contribution in [2.45, 2.75) is 52.1 Å². The van der Waals surface area contributed by atoms with E-state index in [1.54, 1.807) is 7.11 Å². The van der Waals surface area contributed by atoms with Crippen LogP contribution in [0.25, 0.3) is 0 Å². The number of aromatic nitrogens is 1. The zero-order chi connectivity index (χ0) is 14.6. The van der Waals surface area contributed by atoms with E-state index < -0.39 is 0 Å².